The molecule has 1 aromatic heterocycles. The van der Waals surface area contributed by atoms with Gasteiger partial charge < -0.3 is 0 Å². The van der Waals surface area contributed by atoms with Gasteiger partial charge in [-0.3, -0.25) is 4.98 Å². The molecule has 90 valence electrons. The van der Waals surface area contributed by atoms with Gasteiger partial charge in [0, 0.05) is 18.2 Å². The molecule has 0 aliphatic carbocycles. The molecule has 1 heteroatoms. The molecule has 0 aliphatic rings. The Labute approximate surface area is 102 Å². The number of hydrogen-bond acceptors (Lipinski definition) is 1. The molecule has 0 aromatic carbocycles. The summed E-state index contributed by atoms with van der Waals surface area (Å²) in [5.41, 5.74) is 5.77. The average molecular weight is 220 g/mol. The lowest BCUT2D eigenvalue weighted by Gasteiger charge is -2.25. The Morgan fingerprint density at radius 1 is 1.00 bits per heavy atom. The van der Waals surface area contributed by atoms with E-state index < -0.39 is 5.89 Å². The van der Waals surface area contributed by atoms with Gasteiger partial charge in [-0.15, -0.1) is 0 Å². The molecule has 1 heterocycles. The first-order valence-electron chi connectivity index (χ1n) is 6.45. The van der Waals surface area contributed by atoms with E-state index in [9.17, 15) is 0 Å². The molecule has 1 aromatic rings. The van der Waals surface area contributed by atoms with E-state index in [4.69, 9.17) is 6.35 Å². The summed E-state index contributed by atoms with van der Waals surface area (Å²) in [6, 6.07) is 0. The largest absolute Gasteiger partial charge is 0.256 e. The lowest BCUT2D eigenvalue weighted by atomic mass is 9.85. The van der Waals surface area contributed by atoms with E-state index in [0.29, 0.717) is 0 Å². The smallest absolute Gasteiger partial charge is 0.0492 e. The fourth-order valence-electron chi connectivity index (χ4n) is 2.13. The maximum absolute atomic E-state index is 8.22. The number of nitrogens with zero attached hydrogens (tertiary/aromatic N) is 1. The van der Waals surface area contributed by atoms with Crippen LogP contribution in [-0.4, -0.2) is 4.98 Å². The summed E-state index contributed by atoms with van der Waals surface area (Å²) >= 11 is 0. The quantitative estimate of drug-likeness (QED) is 0.682. The van der Waals surface area contributed by atoms with Crippen LogP contribution in [0.25, 0.3) is 0 Å². The topological polar surface area (TPSA) is 12.9 Å². The van der Waals surface area contributed by atoms with Crippen molar-refractivity contribution in [2.24, 2.45) is 0 Å². The Balaban J connectivity index is 3.63. The van der Waals surface area contributed by atoms with Gasteiger partial charge in [-0.1, -0.05) is 34.6 Å². The van der Waals surface area contributed by atoms with Crippen LogP contribution in [0, 0.1) is 20.8 Å². The van der Waals surface area contributed by atoms with Crippen LogP contribution < -0.4 is 0 Å². The molecule has 0 fully saturated rings. The highest BCUT2D eigenvalue weighted by molar-refractivity contribution is 5.41. The number of hydrogen-bond donors (Lipinski definition) is 0. The molecule has 0 N–H and O–H groups in total. The molecule has 0 aliphatic heterocycles. The van der Waals surface area contributed by atoms with E-state index in [1.807, 2.05) is 13.8 Å². The Hall–Kier alpha value is -0.850. The summed E-state index contributed by atoms with van der Waals surface area (Å²) < 4.78 is 8.22. The van der Waals surface area contributed by atoms with E-state index in [-0.39, 0.29) is 5.41 Å². The predicted octanol–water partition coefficient (Wildman–Crippen LogP) is 4.43. The van der Waals surface area contributed by atoms with Crippen molar-refractivity contribution in [1.82, 2.24) is 4.98 Å². The monoisotopic (exact) mass is 220 g/mol. The molecule has 0 saturated carbocycles. The second-order valence-corrected chi connectivity index (χ2v) is 5.93. The minimum Gasteiger partial charge on any atom is -0.256 e. The molecule has 0 bridgehead atoms. The zero-order chi connectivity index (χ0) is 13.6. The normalized spacial score (nSPS) is 13.9. The van der Waals surface area contributed by atoms with Crippen LogP contribution in [0.4, 0.5) is 0 Å². The first-order valence-corrected chi connectivity index (χ1v) is 5.95. The zero-order valence-corrected chi connectivity index (χ0v) is 11.9. The van der Waals surface area contributed by atoms with Crippen molar-refractivity contribution in [2.45, 2.75) is 66.7 Å². The molecule has 0 unspecified atom stereocenters. The summed E-state index contributed by atoms with van der Waals surface area (Å²) in [7, 11) is 0. The maximum atomic E-state index is 8.22. The van der Waals surface area contributed by atoms with Crippen LogP contribution in [-0.2, 0) is 5.41 Å². The van der Waals surface area contributed by atoms with Crippen molar-refractivity contribution in [3.63, 3.8) is 0 Å². The van der Waals surface area contributed by atoms with Gasteiger partial charge >= 0.3 is 0 Å². The van der Waals surface area contributed by atoms with Crippen LogP contribution in [0.1, 0.15) is 70.0 Å². The fraction of sp³-hybridized carbons (Fsp3) is 0.667. The molecule has 16 heavy (non-hydrogen) atoms. The van der Waals surface area contributed by atoms with Gasteiger partial charge in [-0.2, -0.15) is 0 Å². The zero-order valence-electron chi connectivity index (χ0n) is 12.9. The van der Waals surface area contributed by atoms with Gasteiger partial charge in [0.2, 0.25) is 0 Å². The summed E-state index contributed by atoms with van der Waals surface area (Å²) in [6.45, 7) is 16.7. The number of rotatable bonds is 1. The Kier molecular flexibility index (Phi) is 3.05. The van der Waals surface area contributed by atoms with Crippen LogP contribution in [0.5, 0.6) is 0 Å². The molecular weight excluding hydrogens is 194 g/mol. The van der Waals surface area contributed by atoms with Crippen LogP contribution in [0.15, 0.2) is 0 Å². The van der Waals surface area contributed by atoms with E-state index in [0.717, 1.165) is 17.0 Å². The molecule has 0 radical (unpaired) electrons. The van der Waals surface area contributed by atoms with Crippen molar-refractivity contribution in [1.29, 1.82) is 0 Å². The molecule has 0 amide bonds. The Morgan fingerprint density at radius 3 is 1.88 bits per heavy atom. The van der Waals surface area contributed by atoms with Crippen LogP contribution >= 0.6 is 0 Å². The first kappa shape index (κ1) is 11.6. The SMILES string of the molecule is [2H]C(C)(C)c1nc(C(C)(C)C)c(C)c(C)c1C. The highest BCUT2D eigenvalue weighted by Crippen LogP contribution is 2.30. The highest BCUT2D eigenvalue weighted by Gasteiger charge is 2.22. The fourth-order valence-corrected chi connectivity index (χ4v) is 2.13. The standard InChI is InChI=1S/C15H25N/c1-9(2)13-11(4)10(3)12(5)14(16-13)15(6,7)8/h9H,1-8H3/i9D. The highest BCUT2D eigenvalue weighted by atomic mass is 14.7. The minimum absolute atomic E-state index is 0.0303. The van der Waals surface area contributed by atoms with Gasteiger partial charge in [0.15, 0.2) is 0 Å². The third-order valence-corrected chi connectivity index (χ3v) is 3.24. The van der Waals surface area contributed by atoms with Crippen molar-refractivity contribution in [2.75, 3.05) is 0 Å². The average Bonchev–Trinajstić information content (AvgIpc) is 2.10. The summed E-state index contributed by atoms with van der Waals surface area (Å²) in [4.78, 5) is 4.79. The minimum atomic E-state index is -0.636. The number of pyridine rings is 1. The van der Waals surface area contributed by atoms with Crippen molar-refractivity contribution < 1.29 is 1.37 Å². The molecular formula is C15H25N. The van der Waals surface area contributed by atoms with Crippen molar-refractivity contribution in [3.8, 4) is 0 Å². The van der Waals surface area contributed by atoms with Crippen molar-refractivity contribution >= 4 is 0 Å². The number of aromatic nitrogens is 1. The molecule has 0 saturated heterocycles. The second kappa shape index (κ2) is 4.20. The van der Waals surface area contributed by atoms with Crippen LogP contribution in [0.2, 0.25) is 0 Å². The summed E-state index contributed by atoms with van der Waals surface area (Å²) in [5, 5.41) is 0. The second-order valence-electron chi connectivity index (χ2n) is 5.93. The predicted molar refractivity (Wildman–Crippen MR) is 71.2 cm³/mol. The first-order chi connectivity index (χ1) is 7.46. The third-order valence-electron chi connectivity index (χ3n) is 3.24. The summed E-state index contributed by atoms with van der Waals surface area (Å²) in [6.07, 6.45) is 0. The summed E-state index contributed by atoms with van der Waals surface area (Å²) in [5.74, 6) is -0.636. The molecule has 1 rings (SSSR count). The maximum Gasteiger partial charge on any atom is 0.0492 e. The van der Waals surface area contributed by atoms with Gasteiger partial charge in [-0.25, -0.2) is 0 Å². The van der Waals surface area contributed by atoms with E-state index >= 15 is 0 Å². The van der Waals surface area contributed by atoms with Gasteiger partial charge in [0.1, 0.15) is 0 Å². The lowest BCUT2D eigenvalue weighted by Crippen LogP contribution is -2.19. The Morgan fingerprint density at radius 2 is 1.50 bits per heavy atom. The Bertz CT molecular complexity index is 395. The van der Waals surface area contributed by atoms with Gasteiger partial charge in [-0.05, 0) is 43.4 Å². The van der Waals surface area contributed by atoms with Gasteiger partial charge in [0.05, 0.1) is 0 Å². The molecule has 0 spiro atoms. The molecule has 0 atom stereocenters. The van der Waals surface area contributed by atoms with E-state index in [1.165, 1.54) is 11.1 Å². The lowest BCUT2D eigenvalue weighted by molar-refractivity contribution is 0.556. The van der Waals surface area contributed by atoms with E-state index in [2.05, 4.69) is 41.5 Å². The van der Waals surface area contributed by atoms with E-state index in [1.54, 1.807) is 0 Å². The van der Waals surface area contributed by atoms with Crippen LogP contribution in [0.3, 0.4) is 0 Å². The van der Waals surface area contributed by atoms with Crippen molar-refractivity contribution in [3.05, 3.63) is 28.1 Å². The third kappa shape index (κ3) is 2.28. The van der Waals surface area contributed by atoms with Gasteiger partial charge in [0.25, 0.3) is 0 Å². The molecule has 1 nitrogen and oxygen atoms in total.